The fraction of sp³-hybridized carbons (Fsp3) is 0.714. The van der Waals surface area contributed by atoms with Gasteiger partial charge in [-0.2, -0.15) is 0 Å². The van der Waals surface area contributed by atoms with Crippen LogP contribution in [0.1, 0.15) is 44.9 Å². The Morgan fingerprint density at radius 3 is 2.32 bits per heavy atom. The van der Waals surface area contributed by atoms with E-state index in [9.17, 15) is 14.7 Å². The maximum absolute atomic E-state index is 10.8. The molecule has 0 heterocycles. The van der Waals surface area contributed by atoms with E-state index in [1.165, 1.54) is 26.4 Å². The van der Waals surface area contributed by atoms with Gasteiger partial charge in [-0.25, -0.2) is 4.79 Å². The molecular weight excluding hydrogens is 248 g/mol. The molecule has 0 aromatic heterocycles. The van der Waals surface area contributed by atoms with Gasteiger partial charge in [-0.05, 0) is 18.9 Å². The topological polar surface area (TPSA) is 72.8 Å². The first-order valence-electron chi connectivity index (χ1n) is 6.61. The first-order chi connectivity index (χ1) is 9.10. The monoisotopic (exact) mass is 272 g/mol. The molecule has 0 fully saturated rings. The number of ether oxygens (including phenoxy) is 2. The molecule has 5 nitrogen and oxygen atoms in total. The zero-order valence-corrected chi connectivity index (χ0v) is 11.8. The van der Waals surface area contributed by atoms with Gasteiger partial charge in [0, 0.05) is 12.5 Å². The van der Waals surface area contributed by atoms with E-state index in [1.807, 2.05) is 0 Å². The minimum Gasteiger partial charge on any atom is -0.469 e. The van der Waals surface area contributed by atoms with Crippen LogP contribution in [0.15, 0.2) is 12.2 Å². The second-order valence-corrected chi connectivity index (χ2v) is 4.33. The number of aliphatic hydroxyl groups excluding tert-OH is 1. The van der Waals surface area contributed by atoms with Crippen molar-refractivity contribution >= 4 is 11.9 Å². The van der Waals surface area contributed by atoms with Crippen molar-refractivity contribution in [2.24, 2.45) is 0 Å². The maximum Gasteiger partial charge on any atom is 0.330 e. The third-order valence-electron chi connectivity index (χ3n) is 2.76. The normalized spacial score (nSPS) is 12.4. The van der Waals surface area contributed by atoms with Gasteiger partial charge in [0.15, 0.2) is 0 Å². The van der Waals surface area contributed by atoms with Crippen LogP contribution >= 0.6 is 0 Å². The van der Waals surface area contributed by atoms with Gasteiger partial charge in [0.25, 0.3) is 0 Å². The molecule has 0 aliphatic heterocycles. The number of rotatable bonds is 10. The largest absolute Gasteiger partial charge is 0.469 e. The fourth-order valence-electron chi connectivity index (χ4n) is 1.61. The summed E-state index contributed by atoms with van der Waals surface area (Å²) in [5.41, 5.74) is 0. The highest BCUT2D eigenvalue weighted by Crippen LogP contribution is 2.09. The van der Waals surface area contributed by atoms with Crippen molar-refractivity contribution in [3.8, 4) is 0 Å². The van der Waals surface area contributed by atoms with Gasteiger partial charge in [0.1, 0.15) is 0 Å². The van der Waals surface area contributed by atoms with E-state index in [2.05, 4.69) is 9.47 Å². The van der Waals surface area contributed by atoms with Gasteiger partial charge in [-0.15, -0.1) is 0 Å². The number of methoxy groups -OCH3 is 2. The van der Waals surface area contributed by atoms with Crippen molar-refractivity contribution in [2.75, 3.05) is 14.2 Å². The Labute approximate surface area is 114 Å². The number of unbranched alkanes of at least 4 members (excludes halogenated alkanes) is 4. The van der Waals surface area contributed by atoms with E-state index in [0.717, 1.165) is 32.1 Å². The number of carbonyl (C=O) groups excluding carboxylic acids is 2. The van der Waals surface area contributed by atoms with Gasteiger partial charge in [0.05, 0.1) is 20.3 Å². The summed E-state index contributed by atoms with van der Waals surface area (Å²) in [7, 11) is 2.69. The fourth-order valence-corrected chi connectivity index (χ4v) is 1.61. The minimum atomic E-state index is -0.603. The summed E-state index contributed by atoms with van der Waals surface area (Å²) in [5.74, 6) is -0.620. The molecule has 1 N–H and O–H groups in total. The lowest BCUT2D eigenvalue weighted by Gasteiger charge is -2.05. The predicted octanol–water partition coefficient (Wildman–Crippen LogP) is 1.98. The molecule has 0 spiro atoms. The van der Waals surface area contributed by atoms with E-state index < -0.39 is 12.1 Å². The molecule has 0 aliphatic rings. The van der Waals surface area contributed by atoms with E-state index in [0.29, 0.717) is 12.8 Å². The average molecular weight is 272 g/mol. The molecule has 0 aromatic rings. The summed E-state index contributed by atoms with van der Waals surface area (Å²) in [4.78, 5) is 21.6. The van der Waals surface area contributed by atoms with Crippen LogP contribution < -0.4 is 0 Å². The smallest absolute Gasteiger partial charge is 0.330 e. The number of aliphatic hydroxyl groups is 1. The maximum atomic E-state index is 10.8. The highest BCUT2D eigenvalue weighted by molar-refractivity contribution is 5.81. The van der Waals surface area contributed by atoms with Crippen LogP contribution in [-0.4, -0.2) is 37.4 Å². The third kappa shape index (κ3) is 11.5. The lowest BCUT2D eigenvalue weighted by molar-refractivity contribution is -0.140. The van der Waals surface area contributed by atoms with E-state index in [-0.39, 0.29) is 5.97 Å². The molecule has 1 unspecified atom stereocenters. The second-order valence-electron chi connectivity index (χ2n) is 4.33. The Morgan fingerprint density at radius 1 is 1.05 bits per heavy atom. The van der Waals surface area contributed by atoms with Crippen molar-refractivity contribution in [3.05, 3.63) is 12.2 Å². The Balaban J connectivity index is 3.41. The first-order valence-corrected chi connectivity index (χ1v) is 6.61. The van der Waals surface area contributed by atoms with Crippen molar-refractivity contribution in [3.63, 3.8) is 0 Å². The van der Waals surface area contributed by atoms with Gasteiger partial charge in [-0.1, -0.05) is 25.7 Å². The van der Waals surface area contributed by atoms with E-state index in [1.54, 1.807) is 0 Å². The molecular formula is C14H24O5. The van der Waals surface area contributed by atoms with Crippen LogP contribution in [0, 0.1) is 0 Å². The first kappa shape index (κ1) is 17.6. The van der Waals surface area contributed by atoms with Crippen molar-refractivity contribution in [2.45, 2.75) is 51.0 Å². The molecule has 0 rings (SSSR count). The number of carbonyl (C=O) groups is 2. The Bertz CT molecular complexity index is 286. The molecule has 0 aromatic carbocycles. The van der Waals surface area contributed by atoms with Crippen molar-refractivity contribution in [1.29, 1.82) is 0 Å². The van der Waals surface area contributed by atoms with E-state index >= 15 is 0 Å². The van der Waals surface area contributed by atoms with Crippen LogP contribution in [0.4, 0.5) is 0 Å². The summed E-state index contributed by atoms with van der Waals surface area (Å²) in [6.07, 6.45) is 7.95. The molecule has 19 heavy (non-hydrogen) atoms. The van der Waals surface area contributed by atoms with Gasteiger partial charge < -0.3 is 14.6 Å². The van der Waals surface area contributed by atoms with Crippen molar-refractivity contribution < 1.29 is 24.2 Å². The molecule has 0 aliphatic carbocycles. The molecule has 0 amide bonds. The Hall–Kier alpha value is -1.36. The SMILES string of the molecule is COC(=O)/C=C/C(O)CCCCCCCC(=O)OC. The molecule has 0 saturated heterocycles. The predicted molar refractivity (Wildman–Crippen MR) is 71.5 cm³/mol. The standard InChI is InChI=1S/C14H24O5/c1-18-13(16)9-7-5-3-4-6-8-12(15)10-11-14(17)19-2/h10-12,15H,3-9H2,1-2H3/b11-10+. The Morgan fingerprint density at radius 2 is 1.68 bits per heavy atom. The third-order valence-corrected chi connectivity index (χ3v) is 2.76. The lowest BCUT2D eigenvalue weighted by atomic mass is 10.1. The number of hydrogen-bond donors (Lipinski definition) is 1. The van der Waals surface area contributed by atoms with Crippen LogP contribution in [0.5, 0.6) is 0 Å². The second kappa shape index (κ2) is 11.7. The summed E-state index contributed by atoms with van der Waals surface area (Å²) >= 11 is 0. The summed E-state index contributed by atoms with van der Waals surface area (Å²) < 4.78 is 8.97. The summed E-state index contributed by atoms with van der Waals surface area (Å²) in [6.45, 7) is 0. The zero-order chi connectivity index (χ0) is 14.5. The average Bonchev–Trinajstić information content (AvgIpc) is 2.43. The van der Waals surface area contributed by atoms with Gasteiger partial charge in [-0.3, -0.25) is 4.79 Å². The van der Waals surface area contributed by atoms with Gasteiger partial charge >= 0.3 is 11.9 Å². The molecule has 0 saturated carbocycles. The van der Waals surface area contributed by atoms with Crippen LogP contribution in [0.3, 0.4) is 0 Å². The summed E-state index contributed by atoms with van der Waals surface area (Å²) in [6, 6.07) is 0. The minimum absolute atomic E-state index is 0.164. The van der Waals surface area contributed by atoms with Crippen LogP contribution in [0.2, 0.25) is 0 Å². The Kier molecular flexibility index (Phi) is 10.9. The molecule has 1 atom stereocenters. The van der Waals surface area contributed by atoms with Crippen LogP contribution in [-0.2, 0) is 19.1 Å². The van der Waals surface area contributed by atoms with Crippen molar-refractivity contribution in [1.82, 2.24) is 0 Å². The highest BCUT2D eigenvalue weighted by atomic mass is 16.5. The molecule has 0 bridgehead atoms. The zero-order valence-electron chi connectivity index (χ0n) is 11.8. The summed E-state index contributed by atoms with van der Waals surface area (Å²) in [5, 5.41) is 9.55. The molecule has 5 heteroatoms. The van der Waals surface area contributed by atoms with Crippen LogP contribution in [0.25, 0.3) is 0 Å². The highest BCUT2D eigenvalue weighted by Gasteiger charge is 2.02. The van der Waals surface area contributed by atoms with Gasteiger partial charge in [0.2, 0.25) is 0 Å². The quantitative estimate of drug-likeness (QED) is 0.374. The number of esters is 2. The van der Waals surface area contributed by atoms with E-state index in [4.69, 9.17) is 0 Å². The molecule has 110 valence electrons. The lowest BCUT2D eigenvalue weighted by Crippen LogP contribution is -2.04. The molecule has 0 radical (unpaired) electrons. The number of hydrogen-bond acceptors (Lipinski definition) is 5.